The van der Waals surface area contributed by atoms with Crippen LogP contribution in [0.25, 0.3) is 21.0 Å². The topological polar surface area (TPSA) is 71.7 Å². The zero-order valence-corrected chi connectivity index (χ0v) is 21.8. The second-order valence-corrected chi connectivity index (χ2v) is 12.4. The minimum Gasteiger partial charge on any atom is -0.316 e. The van der Waals surface area contributed by atoms with Crippen LogP contribution in [0.5, 0.6) is 0 Å². The molecular weight excluding hydrogens is 478 g/mol. The number of thiazole rings is 1. The van der Waals surface area contributed by atoms with Crippen LogP contribution in [0.1, 0.15) is 37.6 Å². The maximum Gasteiger partial charge on any atom is 0.279 e. The van der Waals surface area contributed by atoms with E-state index in [2.05, 4.69) is 47.7 Å². The molecule has 0 aliphatic carbocycles. The number of fused-ring (bicyclic) bond motifs is 3. The van der Waals surface area contributed by atoms with Gasteiger partial charge in [-0.1, -0.05) is 55.5 Å². The number of piperidine rings is 1. The monoisotopic (exact) mass is 507 g/mol. The van der Waals surface area contributed by atoms with Crippen molar-refractivity contribution in [2.45, 2.75) is 38.6 Å². The van der Waals surface area contributed by atoms with Gasteiger partial charge < -0.3 is 4.57 Å². The molecular formula is C27H29N3O3S2. The number of aryl methyl sites for hydroxylation is 1. The Bertz CT molecular complexity index is 1570. The number of carbonyl (C=O) groups excluding carboxylic acids is 1. The molecule has 1 aromatic heterocycles. The first-order valence-corrected chi connectivity index (χ1v) is 14.2. The Morgan fingerprint density at radius 3 is 2.37 bits per heavy atom. The largest absolute Gasteiger partial charge is 0.316 e. The summed E-state index contributed by atoms with van der Waals surface area (Å²) < 4.78 is 31.0. The highest BCUT2D eigenvalue weighted by Gasteiger charge is 2.31. The molecule has 0 N–H and O–H groups in total. The van der Waals surface area contributed by atoms with Crippen molar-refractivity contribution < 1.29 is 13.2 Å². The average Bonchev–Trinajstić information content (AvgIpc) is 3.21. The minimum atomic E-state index is -3.59. The van der Waals surface area contributed by atoms with Crippen LogP contribution in [0.15, 0.2) is 70.6 Å². The van der Waals surface area contributed by atoms with Crippen LogP contribution in [0.3, 0.4) is 0 Å². The van der Waals surface area contributed by atoms with E-state index in [4.69, 9.17) is 0 Å². The second-order valence-electron chi connectivity index (χ2n) is 9.47. The normalized spacial score (nSPS) is 20.0. The van der Waals surface area contributed by atoms with Gasteiger partial charge in [-0.05, 0) is 60.9 Å². The molecule has 2 unspecified atom stereocenters. The lowest BCUT2D eigenvalue weighted by molar-refractivity contribution is 0.0997. The van der Waals surface area contributed by atoms with Crippen LogP contribution in [0, 0.1) is 11.8 Å². The van der Waals surface area contributed by atoms with E-state index >= 15 is 0 Å². The van der Waals surface area contributed by atoms with Crippen molar-refractivity contribution in [2.75, 3.05) is 13.1 Å². The standard InChI is InChI=1S/C27H29N3O3S2/c1-4-30-25-23-8-6-5-7-20(23)11-14-24(25)34-27(30)28-26(31)21-9-12-22(13-10-21)35(32,33)29-16-18(2)15-19(3)17-29/h5-14,18-19H,4,15-17H2,1-3H3. The van der Waals surface area contributed by atoms with Gasteiger partial charge in [-0.3, -0.25) is 4.79 Å². The fourth-order valence-electron chi connectivity index (χ4n) is 5.09. The summed E-state index contributed by atoms with van der Waals surface area (Å²) in [4.78, 5) is 18.3. The Morgan fingerprint density at radius 2 is 1.69 bits per heavy atom. The van der Waals surface area contributed by atoms with Crippen molar-refractivity contribution in [3.8, 4) is 0 Å². The number of amides is 1. The highest BCUT2D eigenvalue weighted by atomic mass is 32.2. The molecule has 3 aromatic carbocycles. The van der Waals surface area contributed by atoms with E-state index in [1.807, 2.05) is 19.1 Å². The zero-order valence-electron chi connectivity index (χ0n) is 20.1. The third-order valence-corrected chi connectivity index (χ3v) is 9.54. The predicted octanol–water partition coefficient (Wildman–Crippen LogP) is 5.28. The number of benzene rings is 3. The summed E-state index contributed by atoms with van der Waals surface area (Å²) in [6, 6.07) is 18.5. The van der Waals surface area contributed by atoms with E-state index in [9.17, 15) is 13.2 Å². The van der Waals surface area contributed by atoms with Gasteiger partial charge in [-0.25, -0.2) is 8.42 Å². The third kappa shape index (κ3) is 4.46. The Kier molecular flexibility index (Phi) is 6.38. The first-order chi connectivity index (χ1) is 16.8. The summed E-state index contributed by atoms with van der Waals surface area (Å²) in [5, 5.41) is 2.28. The number of carbonyl (C=O) groups is 1. The van der Waals surface area contributed by atoms with Crippen LogP contribution >= 0.6 is 11.3 Å². The van der Waals surface area contributed by atoms with Crippen LogP contribution in [-0.4, -0.2) is 36.3 Å². The van der Waals surface area contributed by atoms with Crippen LogP contribution in [0.2, 0.25) is 0 Å². The van der Waals surface area contributed by atoms with E-state index in [0.717, 1.165) is 27.4 Å². The van der Waals surface area contributed by atoms with Crippen molar-refractivity contribution in [3.63, 3.8) is 0 Å². The van der Waals surface area contributed by atoms with Gasteiger partial charge in [0.15, 0.2) is 4.80 Å². The summed E-state index contributed by atoms with van der Waals surface area (Å²) in [6.07, 6.45) is 1.03. The zero-order chi connectivity index (χ0) is 24.7. The molecule has 0 spiro atoms. The van der Waals surface area contributed by atoms with Crippen molar-refractivity contribution in [3.05, 3.63) is 71.0 Å². The summed E-state index contributed by atoms with van der Waals surface area (Å²) in [6.45, 7) is 7.95. The number of hydrogen-bond donors (Lipinski definition) is 0. The first-order valence-electron chi connectivity index (χ1n) is 12.0. The van der Waals surface area contributed by atoms with Crippen LogP contribution < -0.4 is 4.80 Å². The average molecular weight is 508 g/mol. The van der Waals surface area contributed by atoms with Gasteiger partial charge in [-0.2, -0.15) is 9.30 Å². The van der Waals surface area contributed by atoms with Gasteiger partial charge in [0.2, 0.25) is 10.0 Å². The lowest BCUT2D eigenvalue weighted by Gasteiger charge is -2.34. The highest BCUT2D eigenvalue weighted by Crippen LogP contribution is 2.28. The Hall–Kier alpha value is -2.81. The van der Waals surface area contributed by atoms with Crippen LogP contribution in [0.4, 0.5) is 0 Å². The quantitative estimate of drug-likeness (QED) is 0.377. The fourth-order valence-corrected chi connectivity index (χ4v) is 7.88. The van der Waals surface area contributed by atoms with E-state index in [1.54, 1.807) is 16.4 Å². The van der Waals surface area contributed by atoms with Gasteiger partial charge in [0.25, 0.3) is 5.91 Å². The van der Waals surface area contributed by atoms with E-state index in [0.29, 0.717) is 41.8 Å². The van der Waals surface area contributed by atoms with Gasteiger partial charge >= 0.3 is 0 Å². The van der Waals surface area contributed by atoms with Crippen LogP contribution in [-0.2, 0) is 16.6 Å². The highest BCUT2D eigenvalue weighted by molar-refractivity contribution is 7.89. The molecule has 1 saturated heterocycles. The Labute approximate surface area is 209 Å². The lowest BCUT2D eigenvalue weighted by atomic mass is 9.94. The lowest BCUT2D eigenvalue weighted by Crippen LogP contribution is -2.42. The Balaban J connectivity index is 1.48. The van der Waals surface area contributed by atoms with Crippen molar-refractivity contribution in [1.82, 2.24) is 8.87 Å². The van der Waals surface area contributed by atoms with E-state index in [-0.39, 0.29) is 10.8 Å². The van der Waals surface area contributed by atoms with Crippen molar-refractivity contribution in [2.24, 2.45) is 16.8 Å². The van der Waals surface area contributed by atoms with E-state index < -0.39 is 10.0 Å². The molecule has 4 aromatic rings. The molecule has 0 saturated carbocycles. The SMILES string of the molecule is CCn1c(=NC(=O)c2ccc(S(=O)(=O)N3CC(C)CC(C)C3)cc2)sc2ccc3ccccc3c21. The third-order valence-electron chi connectivity index (χ3n) is 6.65. The summed E-state index contributed by atoms with van der Waals surface area (Å²) in [7, 11) is -3.59. The molecule has 0 bridgehead atoms. The molecule has 1 fully saturated rings. The van der Waals surface area contributed by atoms with Gasteiger partial charge in [0, 0.05) is 30.6 Å². The number of rotatable bonds is 4. The molecule has 6 nitrogen and oxygen atoms in total. The summed E-state index contributed by atoms with van der Waals surface area (Å²) in [5.74, 6) is 0.279. The molecule has 1 aliphatic rings. The Morgan fingerprint density at radius 1 is 1.00 bits per heavy atom. The van der Waals surface area contributed by atoms with E-state index in [1.165, 1.54) is 23.5 Å². The summed E-state index contributed by atoms with van der Waals surface area (Å²) in [5.41, 5.74) is 1.45. The van der Waals surface area contributed by atoms with Gasteiger partial charge in [0.1, 0.15) is 0 Å². The van der Waals surface area contributed by atoms with Crippen molar-refractivity contribution >= 4 is 48.3 Å². The predicted molar refractivity (Wildman–Crippen MR) is 141 cm³/mol. The minimum absolute atomic E-state index is 0.215. The number of hydrogen-bond acceptors (Lipinski definition) is 4. The molecule has 35 heavy (non-hydrogen) atoms. The molecule has 2 heterocycles. The fraction of sp³-hybridized carbons (Fsp3) is 0.333. The molecule has 8 heteroatoms. The van der Waals surface area contributed by atoms with Crippen molar-refractivity contribution in [1.29, 1.82) is 0 Å². The van der Waals surface area contributed by atoms with Gasteiger partial charge in [0.05, 0.1) is 15.1 Å². The number of sulfonamides is 1. The number of aromatic nitrogens is 1. The van der Waals surface area contributed by atoms with Gasteiger partial charge in [-0.15, -0.1) is 0 Å². The molecule has 1 amide bonds. The first kappa shape index (κ1) is 23.9. The molecule has 1 aliphatic heterocycles. The summed E-state index contributed by atoms with van der Waals surface area (Å²) >= 11 is 1.49. The molecule has 5 rings (SSSR count). The maximum absolute atomic E-state index is 13.2. The molecule has 2 atom stereocenters. The second kappa shape index (κ2) is 9.33. The smallest absolute Gasteiger partial charge is 0.279 e. The molecule has 0 radical (unpaired) electrons. The molecule has 182 valence electrons. The maximum atomic E-state index is 13.2. The number of nitrogens with zero attached hydrogens (tertiary/aromatic N) is 3.